The van der Waals surface area contributed by atoms with Crippen molar-refractivity contribution in [3.05, 3.63) is 18.2 Å². The summed E-state index contributed by atoms with van der Waals surface area (Å²) in [7, 11) is 1.61. The smallest absolute Gasteiger partial charge is 0.143 e. The maximum absolute atomic E-state index is 9.22. The minimum Gasteiger partial charge on any atom is -0.495 e. The first kappa shape index (κ1) is 13.0. The van der Waals surface area contributed by atoms with Crippen LogP contribution in [0.5, 0.6) is 5.75 Å². The SMILES string of the molecule is COc1cc(N2CC(C)OC(CO)C2)ccc1N. The molecule has 1 saturated heterocycles. The minimum absolute atomic E-state index is 0.0347. The Bertz CT molecular complexity index is 411. The van der Waals surface area contributed by atoms with Gasteiger partial charge in [-0.25, -0.2) is 0 Å². The largest absolute Gasteiger partial charge is 0.495 e. The molecule has 100 valence electrons. The first-order chi connectivity index (χ1) is 8.63. The number of nitrogens with zero attached hydrogens (tertiary/aromatic N) is 1. The molecule has 2 unspecified atom stereocenters. The molecule has 1 aliphatic rings. The highest BCUT2D eigenvalue weighted by Crippen LogP contribution is 2.29. The van der Waals surface area contributed by atoms with Crippen LogP contribution in [0.25, 0.3) is 0 Å². The molecule has 2 rings (SSSR count). The van der Waals surface area contributed by atoms with Gasteiger partial charge in [0.2, 0.25) is 0 Å². The van der Waals surface area contributed by atoms with Crippen molar-refractivity contribution in [2.45, 2.75) is 19.1 Å². The maximum Gasteiger partial charge on any atom is 0.143 e. The Hall–Kier alpha value is -1.46. The summed E-state index contributed by atoms with van der Waals surface area (Å²) in [6, 6.07) is 5.72. The van der Waals surface area contributed by atoms with E-state index in [0.717, 1.165) is 12.2 Å². The van der Waals surface area contributed by atoms with Gasteiger partial charge in [0.1, 0.15) is 5.75 Å². The molecular weight excluding hydrogens is 232 g/mol. The van der Waals surface area contributed by atoms with Crippen LogP contribution in [0.1, 0.15) is 6.92 Å². The van der Waals surface area contributed by atoms with Crippen molar-refractivity contribution in [3.8, 4) is 5.75 Å². The highest BCUT2D eigenvalue weighted by molar-refractivity contribution is 5.62. The number of hydrogen-bond donors (Lipinski definition) is 2. The molecule has 0 radical (unpaired) electrons. The normalized spacial score (nSPS) is 24.1. The summed E-state index contributed by atoms with van der Waals surface area (Å²) in [4.78, 5) is 2.18. The van der Waals surface area contributed by atoms with Gasteiger partial charge in [0.05, 0.1) is 31.6 Å². The van der Waals surface area contributed by atoms with Crippen LogP contribution in [0, 0.1) is 0 Å². The van der Waals surface area contributed by atoms with Gasteiger partial charge in [0.25, 0.3) is 0 Å². The van der Waals surface area contributed by atoms with Crippen molar-refractivity contribution >= 4 is 11.4 Å². The van der Waals surface area contributed by atoms with Gasteiger partial charge in [-0.2, -0.15) is 0 Å². The zero-order valence-corrected chi connectivity index (χ0v) is 10.8. The number of rotatable bonds is 3. The Kier molecular flexibility index (Phi) is 3.93. The number of benzene rings is 1. The number of anilines is 2. The Morgan fingerprint density at radius 3 is 2.94 bits per heavy atom. The molecule has 0 spiro atoms. The summed E-state index contributed by atoms with van der Waals surface area (Å²) < 4.78 is 10.8. The van der Waals surface area contributed by atoms with Crippen molar-refractivity contribution in [3.63, 3.8) is 0 Å². The van der Waals surface area contributed by atoms with E-state index in [9.17, 15) is 5.11 Å². The fourth-order valence-corrected chi connectivity index (χ4v) is 2.25. The van der Waals surface area contributed by atoms with E-state index in [1.165, 1.54) is 0 Å². The molecule has 0 aliphatic carbocycles. The standard InChI is InChI=1S/C13H20N2O3/c1-9-6-15(7-11(8-16)18-9)10-3-4-12(14)13(5-10)17-2/h3-5,9,11,16H,6-8,14H2,1-2H3. The second-order valence-corrected chi connectivity index (χ2v) is 4.58. The lowest BCUT2D eigenvalue weighted by molar-refractivity contribution is -0.0421. The summed E-state index contributed by atoms with van der Waals surface area (Å²) in [5.41, 5.74) is 7.46. The van der Waals surface area contributed by atoms with Crippen LogP contribution in [0.4, 0.5) is 11.4 Å². The number of hydrogen-bond acceptors (Lipinski definition) is 5. The van der Waals surface area contributed by atoms with Crippen LogP contribution in [0.15, 0.2) is 18.2 Å². The molecule has 2 atom stereocenters. The summed E-state index contributed by atoms with van der Waals surface area (Å²) in [6.45, 7) is 3.51. The molecule has 0 saturated carbocycles. The second kappa shape index (κ2) is 5.46. The van der Waals surface area contributed by atoms with E-state index in [-0.39, 0.29) is 18.8 Å². The van der Waals surface area contributed by atoms with Gasteiger partial charge in [-0.3, -0.25) is 0 Å². The first-order valence-electron chi connectivity index (χ1n) is 6.08. The molecule has 3 N–H and O–H groups in total. The number of methoxy groups -OCH3 is 1. The van der Waals surface area contributed by atoms with Crippen molar-refractivity contribution in [1.29, 1.82) is 0 Å². The number of aliphatic hydroxyl groups is 1. The Morgan fingerprint density at radius 2 is 2.28 bits per heavy atom. The van der Waals surface area contributed by atoms with Gasteiger partial charge < -0.3 is 25.2 Å². The molecular formula is C13H20N2O3. The van der Waals surface area contributed by atoms with Crippen molar-refractivity contribution in [2.75, 3.05) is 37.4 Å². The van der Waals surface area contributed by atoms with E-state index < -0.39 is 0 Å². The van der Waals surface area contributed by atoms with Crippen LogP contribution in [0.2, 0.25) is 0 Å². The number of nitrogen functional groups attached to an aromatic ring is 1. The first-order valence-corrected chi connectivity index (χ1v) is 6.08. The van der Waals surface area contributed by atoms with Crippen LogP contribution in [-0.4, -0.2) is 44.1 Å². The van der Waals surface area contributed by atoms with Crippen molar-refractivity contribution in [2.24, 2.45) is 0 Å². The minimum atomic E-state index is -0.141. The second-order valence-electron chi connectivity index (χ2n) is 4.58. The Labute approximate surface area is 107 Å². The number of nitrogens with two attached hydrogens (primary N) is 1. The van der Waals surface area contributed by atoms with E-state index in [1.54, 1.807) is 7.11 Å². The molecule has 1 aromatic carbocycles. The van der Waals surface area contributed by atoms with Crippen LogP contribution >= 0.6 is 0 Å². The predicted molar refractivity (Wildman–Crippen MR) is 71.0 cm³/mol. The van der Waals surface area contributed by atoms with E-state index in [2.05, 4.69) is 4.90 Å². The summed E-state index contributed by atoms with van der Waals surface area (Å²) in [5, 5.41) is 9.22. The molecule has 18 heavy (non-hydrogen) atoms. The third-order valence-electron chi connectivity index (χ3n) is 3.11. The quantitative estimate of drug-likeness (QED) is 0.781. The highest BCUT2D eigenvalue weighted by atomic mass is 16.5. The third-order valence-corrected chi connectivity index (χ3v) is 3.11. The molecule has 0 amide bonds. The van der Waals surface area contributed by atoms with Gasteiger partial charge in [-0.05, 0) is 19.1 Å². The molecule has 1 aromatic rings. The van der Waals surface area contributed by atoms with E-state index in [0.29, 0.717) is 18.0 Å². The van der Waals surface area contributed by atoms with Gasteiger partial charge in [0, 0.05) is 24.8 Å². The topological polar surface area (TPSA) is 68.0 Å². The van der Waals surface area contributed by atoms with E-state index in [4.69, 9.17) is 15.2 Å². The average molecular weight is 252 g/mol. The maximum atomic E-state index is 9.22. The number of ether oxygens (including phenoxy) is 2. The lowest BCUT2D eigenvalue weighted by Crippen LogP contribution is -2.48. The number of morpholine rings is 1. The van der Waals surface area contributed by atoms with Gasteiger partial charge >= 0.3 is 0 Å². The lowest BCUT2D eigenvalue weighted by atomic mass is 10.1. The van der Waals surface area contributed by atoms with Crippen molar-refractivity contribution in [1.82, 2.24) is 0 Å². The fourth-order valence-electron chi connectivity index (χ4n) is 2.25. The summed E-state index contributed by atoms with van der Waals surface area (Å²) in [5.74, 6) is 0.673. The Morgan fingerprint density at radius 1 is 1.50 bits per heavy atom. The van der Waals surface area contributed by atoms with Crippen LogP contribution in [-0.2, 0) is 4.74 Å². The summed E-state index contributed by atoms with van der Waals surface area (Å²) >= 11 is 0. The predicted octanol–water partition coefficient (Wildman–Crippen LogP) is 0.863. The molecule has 0 aromatic heterocycles. The van der Waals surface area contributed by atoms with E-state index in [1.807, 2.05) is 25.1 Å². The molecule has 5 nitrogen and oxygen atoms in total. The monoisotopic (exact) mass is 252 g/mol. The molecule has 1 aliphatic heterocycles. The van der Waals surface area contributed by atoms with Gasteiger partial charge in [0.15, 0.2) is 0 Å². The zero-order valence-electron chi connectivity index (χ0n) is 10.8. The van der Waals surface area contributed by atoms with Gasteiger partial charge in [-0.15, -0.1) is 0 Å². The Balaban J connectivity index is 2.19. The molecule has 5 heteroatoms. The van der Waals surface area contributed by atoms with Crippen LogP contribution in [0.3, 0.4) is 0 Å². The zero-order chi connectivity index (χ0) is 13.1. The van der Waals surface area contributed by atoms with Crippen molar-refractivity contribution < 1.29 is 14.6 Å². The van der Waals surface area contributed by atoms with E-state index >= 15 is 0 Å². The fraction of sp³-hybridized carbons (Fsp3) is 0.538. The van der Waals surface area contributed by atoms with Gasteiger partial charge in [-0.1, -0.05) is 0 Å². The molecule has 0 bridgehead atoms. The average Bonchev–Trinajstić information content (AvgIpc) is 2.38. The summed E-state index contributed by atoms with van der Waals surface area (Å²) in [6.07, 6.45) is -0.0447. The molecule has 1 heterocycles. The molecule has 1 fully saturated rings. The lowest BCUT2D eigenvalue weighted by Gasteiger charge is -2.37. The third kappa shape index (κ3) is 2.68. The highest BCUT2D eigenvalue weighted by Gasteiger charge is 2.25. The van der Waals surface area contributed by atoms with Crippen LogP contribution < -0.4 is 15.4 Å². The number of aliphatic hydroxyl groups excluding tert-OH is 1.